The molecular weight excluding hydrogens is 274 g/mol. The second-order valence-electron chi connectivity index (χ2n) is 4.95. The zero-order valence-corrected chi connectivity index (χ0v) is 12.1. The molecule has 2 aromatic rings. The van der Waals surface area contributed by atoms with E-state index in [1.54, 1.807) is 4.90 Å². The Morgan fingerprint density at radius 3 is 3.10 bits per heavy atom. The summed E-state index contributed by atoms with van der Waals surface area (Å²) in [4.78, 5) is 18.8. The van der Waals surface area contributed by atoms with Gasteiger partial charge in [-0.1, -0.05) is 17.8 Å². The van der Waals surface area contributed by atoms with Crippen LogP contribution in [-0.4, -0.2) is 50.7 Å². The van der Waals surface area contributed by atoms with Gasteiger partial charge in [0.1, 0.15) is 0 Å². The average molecular weight is 291 g/mol. The fourth-order valence-corrected chi connectivity index (χ4v) is 3.14. The number of carbonyl (C=O) groups excluding carboxylic acids is 1. The highest BCUT2D eigenvalue weighted by Crippen LogP contribution is 2.22. The smallest absolute Gasteiger partial charge is 0.274 e. The Hall–Kier alpha value is -1.53. The fraction of sp³-hybridized carbons (Fsp3) is 0.429. The zero-order chi connectivity index (χ0) is 14.1. The molecule has 1 atom stereocenters. The van der Waals surface area contributed by atoms with Crippen LogP contribution in [0.2, 0.25) is 0 Å². The molecule has 0 aliphatic carbocycles. The third kappa shape index (κ3) is 2.29. The van der Waals surface area contributed by atoms with Crippen LogP contribution in [-0.2, 0) is 0 Å². The molecule has 106 valence electrons. The number of carbonyl (C=O) groups is 1. The van der Waals surface area contributed by atoms with Gasteiger partial charge >= 0.3 is 0 Å². The first-order valence-electron chi connectivity index (χ1n) is 6.69. The van der Waals surface area contributed by atoms with Crippen molar-refractivity contribution in [3.05, 3.63) is 30.1 Å². The van der Waals surface area contributed by atoms with Crippen molar-refractivity contribution in [1.29, 1.82) is 0 Å². The molecule has 1 unspecified atom stereocenters. The highest BCUT2D eigenvalue weighted by atomic mass is 32.2. The third-order valence-corrected chi connectivity index (χ3v) is 4.24. The lowest BCUT2D eigenvalue weighted by Crippen LogP contribution is -2.42. The van der Waals surface area contributed by atoms with Crippen LogP contribution in [0.15, 0.2) is 29.6 Å². The number of aliphatic hydroxyl groups is 1. The number of thioether (sulfide) groups is 1. The lowest BCUT2D eigenvalue weighted by Gasteiger charge is -2.29. The van der Waals surface area contributed by atoms with E-state index >= 15 is 0 Å². The van der Waals surface area contributed by atoms with Gasteiger partial charge < -0.3 is 10.0 Å². The predicted molar refractivity (Wildman–Crippen MR) is 78.1 cm³/mol. The van der Waals surface area contributed by atoms with Gasteiger partial charge in [0.25, 0.3) is 5.91 Å². The van der Waals surface area contributed by atoms with Crippen molar-refractivity contribution in [3.63, 3.8) is 0 Å². The largest absolute Gasteiger partial charge is 0.391 e. The predicted octanol–water partition coefficient (Wildman–Crippen LogP) is 1.65. The van der Waals surface area contributed by atoms with Crippen molar-refractivity contribution in [2.45, 2.75) is 24.1 Å². The van der Waals surface area contributed by atoms with Gasteiger partial charge in [0.2, 0.25) is 0 Å². The van der Waals surface area contributed by atoms with Crippen LogP contribution in [0.5, 0.6) is 0 Å². The summed E-state index contributed by atoms with van der Waals surface area (Å²) in [5.41, 5.74) is 1.30. The molecule has 1 saturated heterocycles. The number of nitrogens with zero attached hydrogens (tertiary/aromatic N) is 3. The number of amides is 1. The molecule has 3 heterocycles. The summed E-state index contributed by atoms with van der Waals surface area (Å²) in [6.07, 6.45) is 5.05. The minimum Gasteiger partial charge on any atom is -0.391 e. The van der Waals surface area contributed by atoms with Crippen molar-refractivity contribution in [2.75, 3.05) is 19.3 Å². The first-order valence-corrected chi connectivity index (χ1v) is 7.91. The summed E-state index contributed by atoms with van der Waals surface area (Å²) in [6.45, 7) is 1.09. The highest BCUT2D eigenvalue weighted by Gasteiger charge is 2.26. The zero-order valence-electron chi connectivity index (χ0n) is 11.3. The Bertz CT molecular complexity index is 640. The van der Waals surface area contributed by atoms with E-state index in [0.29, 0.717) is 18.8 Å². The number of aliphatic hydroxyl groups excluding tert-OH is 1. The summed E-state index contributed by atoms with van der Waals surface area (Å²) >= 11 is 1.52. The van der Waals surface area contributed by atoms with Gasteiger partial charge in [0, 0.05) is 19.3 Å². The number of aromatic nitrogens is 2. The maximum Gasteiger partial charge on any atom is 0.274 e. The van der Waals surface area contributed by atoms with Crippen LogP contribution in [0.1, 0.15) is 23.3 Å². The first-order chi connectivity index (χ1) is 9.70. The Kier molecular flexibility index (Phi) is 3.67. The van der Waals surface area contributed by atoms with E-state index in [-0.39, 0.29) is 5.91 Å². The molecule has 0 bridgehead atoms. The summed E-state index contributed by atoms with van der Waals surface area (Å²) in [7, 11) is 0. The third-order valence-electron chi connectivity index (χ3n) is 3.58. The average Bonchev–Trinajstić information content (AvgIpc) is 2.85. The van der Waals surface area contributed by atoms with Gasteiger partial charge in [0.15, 0.2) is 10.9 Å². The molecular formula is C14H17N3O2S. The van der Waals surface area contributed by atoms with E-state index in [2.05, 4.69) is 4.98 Å². The summed E-state index contributed by atoms with van der Waals surface area (Å²) < 4.78 is 1.93. The van der Waals surface area contributed by atoms with Gasteiger partial charge in [-0.25, -0.2) is 4.98 Å². The molecule has 1 N–H and O–H groups in total. The quantitative estimate of drug-likeness (QED) is 0.855. The molecule has 1 fully saturated rings. The summed E-state index contributed by atoms with van der Waals surface area (Å²) in [6, 6.07) is 5.73. The topological polar surface area (TPSA) is 57.8 Å². The van der Waals surface area contributed by atoms with Crippen molar-refractivity contribution in [3.8, 4) is 0 Å². The van der Waals surface area contributed by atoms with Crippen LogP contribution < -0.4 is 0 Å². The van der Waals surface area contributed by atoms with E-state index in [0.717, 1.165) is 23.5 Å². The number of pyridine rings is 1. The van der Waals surface area contributed by atoms with Crippen molar-refractivity contribution < 1.29 is 9.90 Å². The molecule has 1 aliphatic heterocycles. The van der Waals surface area contributed by atoms with E-state index in [1.165, 1.54) is 11.8 Å². The lowest BCUT2D eigenvalue weighted by atomic mass is 10.1. The van der Waals surface area contributed by atoms with Gasteiger partial charge in [-0.2, -0.15) is 0 Å². The van der Waals surface area contributed by atoms with E-state index in [1.807, 2.05) is 35.1 Å². The number of likely N-dealkylation sites (tertiary alicyclic amines) is 1. The van der Waals surface area contributed by atoms with Crippen LogP contribution >= 0.6 is 11.8 Å². The summed E-state index contributed by atoms with van der Waals surface area (Å²) in [5.74, 6) is -0.0900. The number of imidazole rings is 1. The minimum atomic E-state index is -0.415. The van der Waals surface area contributed by atoms with Gasteiger partial charge in [-0.05, 0) is 31.2 Å². The molecule has 3 rings (SSSR count). The van der Waals surface area contributed by atoms with E-state index < -0.39 is 6.10 Å². The van der Waals surface area contributed by atoms with Crippen LogP contribution in [0.25, 0.3) is 5.52 Å². The molecule has 1 amide bonds. The number of rotatable bonds is 2. The SMILES string of the molecule is CSc1nc(C(=O)N2CCCC(O)C2)c2ccccn12. The molecule has 5 nitrogen and oxygen atoms in total. The van der Waals surface area contributed by atoms with Crippen LogP contribution in [0.4, 0.5) is 0 Å². The Morgan fingerprint density at radius 2 is 2.35 bits per heavy atom. The summed E-state index contributed by atoms with van der Waals surface area (Å²) in [5, 5.41) is 10.5. The number of fused-ring (bicyclic) bond motifs is 1. The number of hydrogen-bond acceptors (Lipinski definition) is 4. The maximum absolute atomic E-state index is 12.6. The van der Waals surface area contributed by atoms with Crippen LogP contribution in [0.3, 0.4) is 0 Å². The molecule has 0 aromatic carbocycles. The van der Waals surface area contributed by atoms with Crippen molar-refractivity contribution in [2.24, 2.45) is 0 Å². The first kappa shape index (κ1) is 13.5. The Morgan fingerprint density at radius 1 is 1.50 bits per heavy atom. The Labute approximate surface area is 121 Å². The molecule has 0 saturated carbocycles. The Balaban J connectivity index is 1.99. The molecule has 2 aromatic heterocycles. The molecule has 20 heavy (non-hydrogen) atoms. The van der Waals surface area contributed by atoms with E-state index in [9.17, 15) is 9.90 Å². The van der Waals surface area contributed by atoms with E-state index in [4.69, 9.17) is 0 Å². The maximum atomic E-state index is 12.6. The monoisotopic (exact) mass is 291 g/mol. The second kappa shape index (κ2) is 5.46. The molecule has 0 radical (unpaired) electrons. The number of hydrogen-bond donors (Lipinski definition) is 1. The van der Waals surface area contributed by atoms with Gasteiger partial charge in [-0.3, -0.25) is 9.20 Å². The molecule has 0 spiro atoms. The standard InChI is InChI=1S/C14H17N3O2S/c1-20-14-15-12(11-6-2-3-8-17(11)14)13(19)16-7-4-5-10(18)9-16/h2-3,6,8,10,18H,4-5,7,9H2,1H3. The highest BCUT2D eigenvalue weighted by molar-refractivity contribution is 7.98. The number of β-amino-alcohol motifs (C(OH)–C–C–N with tert-alkyl or cyclic N) is 1. The van der Waals surface area contributed by atoms with Crippen molar-refractivity contribution >= 4 is 23.2 Å². The minimum absolute atomic E-state index is 0.0900. The molecule has 6 heteroatoms. The fourth-order valence-electron chi connectivity index (χ4n) is 2.60. The second-order valence-corrected chi connectivity index (χ2v) is 5.72. The molecule has 1 aliphatic rings. The van der Waals surface area contributed by atoms with Gasteiger partial charge in [0.05, 0.1) is 11.6 Å². The van der Waals surface area contributed by atoms with Crippen molar-refractivity contribution in [1.82, 2.24) is 14.3 Å². The normalized spacial score (nSPS) is 19.5. The van der Waals surface area contributed by atoms with Gasteiger partial charge in [-0.15, -0.1) is 0 Å². The lowest BCUT2D eigenvalue weighted by molar-refractivity contribution is 0.0470. The number of piperidine rings is 1. The van der Waals surface area contributed by atoms with Crippen LogP contribution in [0, 0.1) is 0 Å².